The number of hydrogen-bond acceptors (Lipinski definition) is 0. The zero-order valence-electron chi connectivity index (χ0n) is 17.9. The molecule has 0 aromatic carbocycles. The van der Waals surface area contributed by atoms with Crippen LogP contribution < -0.4 is 0 Å². The molecule has 25 heavy (non-hydrogen) atoms. The first kappa shape index (κ1) is 36.6. The zero-order valence-corrected chi connectivity index (χ0v) is 22.5. The van der Waals surface area contributed by atoms with E-state index in [1.165, 1.54) is 0 Å². The summed E-state index contributed by atoms with van der Waals surface area (Å²) in [6, 6.07) is 0. The van der Waals surface area contributed by atoms with E-state index in [-0.39, 0.29) is 26.2 Å². The normalized spacial score (nSPS) is 10.0. The van der Waals surface area contributed by atoms with Gasteiger partial charge in [-0.2, -0.15) is 45.3 Å². The Hall–Kier alpha value is 0.716. The standard InChI is InChI=1S/C5H5.3C4H10N.C2H6FGe.Zr/c1-2-4-5-3-1;3*1-3-5-4-2;1-4(2)3;/h1-3H,4H2;3*3-4H2,1-2H3;1-2H3;/q4*-1;;+4. The van der Waals surface area contributed by atoms with E-state index >= 15 is 0 Å². The molecular formula is C19H41FGeN3Zr. The van der Waals surface area contributed by atoms with Crippen molar-refractivity contribution >= 4 is 14.8 Å². The van der Waals surface area contributed by atoms with Crippen LogP contribution in [-0.2, 0) is 26.2 Å². The minimum atomic E-state index is -1.83. The third kappa shape index (κ3) is 92.9. The molecule has 147 valence electrons. The molecule has 6 heteroatoms. The number of rotatable bonds is 6. The Labute approximate surface area is 182 Å². The quantitative estimate of drug-likeness (QED) is 0.291. The van der Waals surface area contributed by atoms with E-state index in [0.29, 0.717) is 0 Å². The van der Waals surface area contributed by atoms with E-state index in [1.807, 2.05) is 53.7 Å². The van der Waals surface area contributed by atoms with Crippen LogP contribution in [-0.4, -0.2) is 54.1 Å². The van der Waals surface area contributed by atoms with Gasteiger partial charge in [0.15, 0.2) is 0 Å². The Bertz CT molecular complexity index is 196. The number of nitrogens with zero attached hydrogens (tertiary/aromatic N) is 3. The van der Waals surface area contributed by atoms with Gasteiger partial charge >= 0.3 is 56.0 Å². The smallest absolute Gasteiger partial charge is 4.00 e. The van der Waals surface area contributed by atoms with E-state index in [9.17, 15) is 3.50 Å². The summed E-state index contributed by atoms with van der Waals surface area (Å²) < 4.78 is 11.2. The van der Waals surface area contributed by atoms with E-state index < -0.39 is 14.8 Å². The van der Waals surface area contributed by atoms with E-state index in [1.54, 1.807) is 11.5 Å². The summed E-state index contributed by atoms with van der Waals surface area (Å²) in [5.74, 6) is 3.33. The summed E-state index contributed by atoms with van der Waals surface area (Å²) in [6.45, 7) is 18.1. The van der Waals surface area contributed by atoms with Crippen molar-refractivity contribution in [1.29, 1.82) is 0 Å². The topological polar surface area (TPSA) is 42.3 Å². The second-order valence-corrected chi connectivity index (χ2v) is 8.13. The molecule has 0 spiro atoms. The number of hydrogen-bond donors (Lipinski definition) is 0. The van der Waals surface area contributed by atoms with Gasteiger partial charge in [-0.15, -0.1) is 6.42 Å². The molecule has 0 aromatic heterocycles. The van der Waals surface area contributed by atoms with Gasteiger partial charge in [0.1, 0.15) is 0 Å². The van der Waals surface area contributed by atoms with Crippen molar-refractivity contribution in [2.45, 2.75) is 59.5 Å². The monoisotopic (exact) mass is 494 g/mol. The molecular weight excluding hydrogens is 453 g/mol. The molecule has 1 aliphatic rings. The summed E-state index contributed by atoms with van der Waals surface area (Å²) in [5, 5.41) is 11.9. The van der Waals surface area contributed by atoms with Crippen LogP contribution in [0.1, 0.15) is 48.0 Å². The van der Waals surface area contributed by atoms with E-state index in [2.05, 4.69) is 28.1 Å². The first-order valence-electron chi connectivity index (χ1n) is 9.05. The Kier molecular flexibility index (Phi) is 64.9. The van der Waals surface area contributed by atoms with Crippen LogP contribution in [0.3, 0.4) is 0 Å². The molecule has 0 saturated heterocycles. The predicted molar refractivity (Wildman–Crippen MR) is 113 cm³/mol. The van der Waals surface area contributed by atoms with Crippen molar-refractivity contribution < 1.29 is 29.7 Å². The van der Waals surface area contributed by atoms with Crippen molar-refractivity contribution in [2.24, 2.45) is 0 Å². The molecule has 0 atom stereocenters. The van der Waals surface area contributed by atoms with Gasteiger partial charge in [-0.05, 0) is 0 Å². The second-order valence-electron chi connectivity index (χ2n) is 4.45. The van der Waals surface area contributed by atoms with Gasteiger partial charge in [-0.1, -0.05) is 41.5 Å². The molecule has 1 aliphatic carbocycles. The Morgan fingerprint density at radius 3 is 1.12 bits per heavy atom. The average Bonchev–Trinajstić information content (AvgIpc) is 3.10. The molecule has 0 amide bonds. The third-order valence-electron chi connectivity index (χ3n) is 1.93. The van der Waals surface area contributed by atoms with Gasteiger partial charge in [-0.25, -0.2) is 12.2 Å². The Morgan fingerprint density at radius 1 is 0.800 bits per heavy atom. The van der Waals surface area contributed by atoms with Gasteiger partial charge in [0.05, 0.1) is 0 Å². The zero-order chi connectivity index (χ0) is 19.5. The maximum atomic E-state index is 11.2. The maximum Gasteiger partial charge on any atom is 4.00 e. The van der Waals surface area contributed by atoms with Crippen LogP contribution in [0, 0.1) is 6.08 Å². The van der Waals surface area contributed by atoms with Crippen molar-refractivity contribution in [3.05, 3.63) is 40.3 Å². The van der Waals surface area contributed by atoms with Crippen LogP contribution in [0.25, 0.3) is 16.0 Å². The summed E-state index contributed by atoms with van der Waals surface area (Å²) >= 11 is -1.83. The maximum absolute atomic E-state index is 11.2. The molecule has 0 fully saturated rings. The fourth-order valence-corrected chi connectivity index (χ4v) is 1.01. The summed E-state index contributed by atoms with van der Waals surface area (Å²) in [6.07, 6.45) is 10.0. The summed E-state index contributed by atoms with van der Waals surface area (Å²) in [7, 11) is 0. The minimum absolute atomic E-state index is 0. The molecule has 0 aromatic rings. The fourth-order valence-electron chi connectivity index (χ4n) is 1.01. The molecule has 0 unspecified atom stereocenters. The van der Waals surface area contributed by atoms with Gasteiger partial charge in [0.2, 0.25) is 0 Å². The van der Waals surface area contributed by atoms with E-state index in [4.69, 9.17) is 0 Å². The number of allylic oxidation sites excluding steroid dienone is 4. The van der Waals surface area contributed by atoms with Crippen molar-refractivity contribution in [3.8, 4) is 0 Å². The van der Waals surface area contributed by atoms with Gasteiger partial charge in [0, 0.05) is 0 Å². The summed E-state index contributed by atoms with van der Waals surface area (Å²) in [4.78, 5) is 0. The molecule has 0 aliphatic heterocycles. The minimum Gasteiger partial charge on any atom is 4.00 e. The van der Waals surface area contributed by atoms with Crippen LogP contribution in [0.2, 0.25) is 11.5 Å². The van der Waals surface area contributed by atoms with Crippen LogP contribution in [0.5, 0.6) is 0 Å². The van der Waals surface area contributed by atoms with Gasteiger partial charge in [-0.3, -0.25) is 6.08 Å². The molecule has 0 bridgehead atoms. The van der Waals surface area contributed by atoms with Crippen LogP contribution in [0.4, 0.5) is 3.50 Å². The first-order valence-corrected chi connectivity index (χ1v) is 14.0. The molecule has 1 rings (SSSR count). The first-order chi connectivity index (χ1) is 11.5. The van der Waals surface area contributed by atoms with Crippen molar-refractivity contribution in [2.75, 3.05) is 39.3 Å². The molecule has 0 N–H and O–H groups in total. The third-order valence-corrected chi connectivity index (χ3v) is 1.93. The predicted octanol–water partition coefficient (Wildman–Crippen LogP) is 6.71. The average molecular weight is 494 g/mol. The van der Waals surface area contributed by atoms with Crippen molar-refractivity contribution in [1.82, 2.24) is 0 Å². The Balaban J connectivity index is -0.0000000662. The Morgan fingerprint density at radius 2 is 1.08 bits per heavy atom. The SMILES string of the molecule is CC[N-]CC.CC[N-]CC.CC[N-]CC.[C-]1=CC=CC1.[CH3][Ge]([CH3])[F].[Zr+4]. The van der Waals surface area contributed by atoms with Crippen LogP contribution >= 0.6 is 0 Å². The van der Waals surface area contributed by atoms with Gasteiger partial charge in [0.25, 0.3) is 0 Å². The largest absolute Gasteiger partial charge is 4.00 e. The van der Waals surface area contributed by atoms with E-state index in [0.717, 1.165) is 45.7 Å². The molecule has 3 nitrogen and oxygen atoms in total. The molecule has 0 heterocycles. The molecule has 1 radical (unpaired) electrons. The molecule has 0 saturated carbocycles. The summed E-state index contributed by atoms with van der Waals surface area (Å²) in [5.41, 5.74) is 0. The second kappa shape index (κ2) is 44.3. The van der Waals surface area contributed by atoms with Crippen LogP contribution in [0.15, 0.2) is 18.2 Å². The van der Waals surface area contributed by atoms with Gasteiger partial charge < -0.3 is 16.0 Å². The number of halogens is 1. The fraction of sp³-hybridized carbons (Fsp3) is 0.789. The van der Waals surface area contributed by atoms with Crippen molar-refractivity contribution in [3.63, 3.8) is 0 Å².